The van der Waals surface area contributed by atoms with Gasteiger partial charge in [-0.1, -0.05) is 15.9 Å². The maximum atomic E-state index is 12.4. The van der Waals surface area contributed by atoms with Gasteiger partial charge in [0.2, 0.25) is 0 Å². The molecule has 3 N–H and O–H groups in total. The molecule has 0 radical (unpaired) electrons. The molecule has 3 rings (SSSR count). The van der Waals surface area contributed by atoms with Crippen molar-refractivity contribution in [2.45, 2.75) is 11.3 Å². The summed E-state index contributed by atoms with van der Waals surface area (Å²) in [6.45, 7) is 0.374. The first-order valence-corrected chi connectivity index (χ1v) is 10.7. The number of nitrogens with zero attached hydrogens (tertiary/aromatic N) is 1. The standard InChI is InChI=1S/C18H16BrN3O6S/c19-11-2-7-14-15(10-11)17(24)22(16(14)23)9-1-8-20-18(25)21-12-3-5-13(6-4-12)29(26,27)28/h2-7,10H,1,8-9H2,(H2,20,21,25)(H,26,27,28). The van der Waals surface area contributed by atoms with Gasteiger partial charge in [-0.25, -0.2) is 4.79 Å². The molecule has 152 valence electrons. The third-order valence-corrected chi connectivity index (χ3v) is 5.55. The van der Waals surface area contributed by atoms with E-state index in [2.05, 4.69) is 26.6 Å². The van der Waals surface area contributed by atoms with Crippen LogP contribution in [0.25, 0.3) is 0 Å². The number of hydrogen-bond donors (Lipinski definition) is 3. The van der Waals surface area contributed by atoms with Crippen molar-refractivity contribution in [2.24, 2.45) is 0 Å². The van der Waals surface area contributed by atoms with Gasteiger partial charge in [0.1, 0.15) is 0 Å². The SMILES string of the molecule is O=C(NCCCN1C(=O)c2ccc(Br)cc2C1=O)Nc1ccc(S(=O)(=O)O)cc1. The van der Waals surface area contributed by atoms with E-state index in [9.17, 15) is 22.8 Å². The third kappa shape index (κ3) is 4.81. The monoisotopic (exact) mass is 481 g/mol. The van der Waals surface area contributed by atoms with E-state index >= 15 is 0 Å². The summed E-state index contributed by atoms with van der Waals surface area (Å²) in [4.78, 5) is 37.4. The number of rotatable bonds is 6. The zero-order chi connectivity index (χ0) is 21.2. The molecular formula is C18H16BrN3O6S. The first-order valence-electron chi connectivity index (χ1n) is 8.45. The van der Waals surface area contributed by atoms with Crippen LogP contribution in [0.4, 0.5) is 10.5 Å². The number of halogens is 1. The van der Waals surface area contributed by atoms with Gasteiger partial charge in [-0.2, -0.15) is 8.42 Å². The van der Waals surface area contributed by atoms with Gasteiger partial charge in [0.25, 0.3) is 21.9 Å². The number of fused-ring (bicyclic) bond motifs is 1. The highest BCUT2D eigenvalue weighted by Crippen LogP contribution is 2.26. The van der Waals surface area contributed by atoms with Crippen LogP contribution in [0.5, 0.6) is 0 Å². The second-order valence-corrected chi connectivity index (χ2v) is 8.52. The lowest BCUT2D eigenvalue weighted by Crippen LogP contribution is -2.35. The van der Waals surface area contributed by atoms with E-state index in [-0.39, 0.29) is 29.8 Å². The molecule has 1 aliphatic rings. The number of benzene rings is 2. The van der Waals surface area contributed by atoms with E-state index in [0.29, 0.717) is 27.7 Å². The van der Waals surface area contributed by atoms with Crippen LogP contribution in [0.2, 0.25) is 0 Å². The van der Waals surface area contributed by atoms with Crippen LogP contribution in [-0.2, 0) is 10.1 Å². The zero-order valence-electron chi connectivity index (χ0n) is 14.9. The normalized spacial score (nSPS) is 13.4. The van der Waals surface area contributed by atoms with E-state index in [4.69, 9.17) is 4.55 Å². The molecule has 2 aromatic carbocycles. The molecule has 29 heavy (non-hydrogen) atoms. The van der Waals surface area contributed by atoms with Gasteiger partial charge in [-0.3, -0.25) is 19.0 Å². The number of imide groups is 1. The van der Waals surface area contributed by atoms with E-state index in [1.807, 2.05) is 0 Å². The predicted molar refractivity (Wildman–Crippen MR) is 107 cm³/mol. The Morgan fingerprint density at radius 2 is 1.69 bits per heavy atom. The Hall–Kier alpha value is -2.76. The van der Waals surface area contributed by atoms with Crippen LogP contribution >= 0.6 is 15.9 Å². The molecule has 0 spiro atoms. The quantitative estimate of drug-likeness (QED) is 0.329. The van der Waals surface area contributed by atoms with Gasteiger partial charge in [0.15, 0.2) is 0 Å². The van der Waals surface area contributed by atoms with E-state index in [1.54, 1.807) is 18.2 Å². The number of carbonyl (C=O) groups is 3. The Balaban J connectivity index is 1.47. The van der Waals surface area contributed by atoms with Crippen LogP contribution in [0, 0.1) is 0 Å². The molecule has 0 saturated carbocycles. The smallest absolute Gasteiger partial charge is 0.319 e. The van der Waals surface area contributed by atoms with E-state index < -0.39 is 16.1 Å². The molecule has 4 amide bonds. The van der Waals surface area contributed by atoms with Crippen LogP contribution in [0.15, 0.2) is 51.8 Å². The number of anilines is 1. The average molecular weight is 482 g/mol. The molecule has 0 unspecified atom stereocenters. The fourth-order valence-corrected chi connectivity index (χ4v) is 3.63. The van der Waals surface area contributed by atoms with Crippen molar-refractivity contribution in [1.82, 2.24) is 10.2 Å². The van der Waals surface area contributed by atoms with E-state index in [1.165, 1.54) is 12.1 Å². The van der Waals surface area contributed by atoms with Crippen molar-refractivity contribution in [3.63, 3.8) is 0 Å². The lowest BCUT2D eigenvalue weighted by Gasteiger charge is -2.14. The Bertz CT molecular complexity index is 1090. The molecule has 0 saturated heterocycles. The molecule has 2 aromatic rings. The number of carbonyl (C=O) groups excluding carboxylic acids is 3. The molecule has 1 heterocycles. The lowest BCUT2D eigenvalue weighted by atomic mass is 10.1. The Morgan fingerprint density at radius 3 is 2.34 bits per heavy atom. The fourth-order valence-electron chi connectivity index (χ4n) is 2.79. The van der Waals surface area contributed by atoms with Crippen LogP contribution in [0.3, 0.4) is 0 Å². The summed E-state index contributed by atoms with van der Waals surface area (Å²) >= 11 is 3.27. The molecule has 0 fully saturated rings. The number of hydrogen-bond acceptors (Lipinski definition) is 5. The largest absolute Gasteiger partial charge is 0.338 e. The summed E-state index contributed by atoms with van der Waals surface area (Å²) in [5.41, 5.74) is 1.04. The fraction of sp³-hybridized carbons (Fsp3) is 0.167. The minimum Gasteiger partial charge on any atom is -0.338 e. The third-order valence-electron chi connectivity index (χ3n) is 4.19. The minimum atomic E-state index is -4.30. The first-order chi connectivity index (χ1) is 13.7. The highest BCUT2D eigenvalue weighted by molar-refractivity contribution is 9.10. The Labute approximate surface area is 175 Å². The molecular weight excluding hydrogens is 466 g/mol. The van der Waals surface area contributed by atoms with Crippen molar-refractivity contribution >= 4 is 49.6 Å². The second kappa shape index (κ2) is 8.31. The van der Waals surface area contributed by atoms with Crippen molar-refractivity contribution < 1.29 is 27.4 Å². The Morgan fingerprint density at radius 1 is 1.03 bits per heavy atom. The predicted octanol–water partition coefficient (Wildman–Crippen LogP) is 2.50. The number of urea groups is 1. The van der Waals surface area contributed by atoms with Crippen molar-refractivity contribution in [3.05, 3.63) is 58.1 Å². The Kier molecular flexibility index (Phi) is 6.01. The molecule has 0 atom stereocenters. The summed E-state index contributed by atoms with van der Waals surface area (Å²) in [6.07, 6.45) is 0.363. The summed E-state index contributed by atoms with van der Waals surface area (Å²) in [6, 6.07) is 9.35. The molecule has 0 bridgehead atoms. The zero-order valence-corrected chi connectivity index (χ0v) is 17.3. The molecule has 0 aromatic heterocycles. The van der Waals surface area contributed by atoms with Gasteiger partial charge in [0, 0.05) is 23.2 Å². The summed E-state index contributed by atoms with van der Waals surface area (Å²) in [7, 11) is -4.30. The maximum Gasteiger partial charge on any atom is 0.319 e. The van der Waals surface area contributed by atoms with Crippen molar-refractivity contribution in [2.75, 3.05) is 18.4 Å². The van der Waals surface area contributed by atoms with Crippen molar-refractivity contribution in [1.29, 1.82) is 0 Å². The summed E-state index contributed by atoms with van der Waals surface area (Å²) < 4.78 is 31.6. The van der Waals surface area contributed by atoms with Gasteiger partial charge in [-0.15, -0.1) is 0 Å². The van der Waals surface area contributed by atoms with Crippen LogP contribution in [0.1, 0.15) is 27.1 Å². The number of amides is 4. The van der Waals surface area contributed by atoms with Gasteiger partial charge < -0.3 is 10.6 Å². The molecule has 0 aliphatic carbocycles. The van der Waals surface area contributed by atoms with Crippen LogP contribution < -0.4 is 10.6 Å². The topological polar surface area (TPSA) is 133 Å². The van der Waals surface area contributed by atoms with Gasteiger partial charge in [-0.05, 0) is 48.9 Å². The number of nitrogens with one attached hydrogen (secondary N) is 2. The van der Waals surface area contributed by atoms with Crippen molar-refractivity contribution in [3.8, 4) is 0 Å². The maximum absolute atomic E-state index is 12.4. The van der Waals surface area contributed by atoms with E-state index in [0.717, 1.165) is 17.0 Å². The summed E-state index contributed by atoms with van der Waals surface area (Å²) in [5, 5.41) is 5.09. The minimum absolute atomic E-state index is 0.160. The molecule has 11 heteroatoms. The average Bonchev–Trinajstić information content (AvgIpc) is 2.89. The highest BCUT2D eigenvalue weighted by Gasteiger charge is 2.34. The summed E-state index contributed by atoms with van der Waals surface area (Å²) in [5.74, 6) is -0.726. The van der Waals surface area contributed by atoms with Gasteiger partial charge in [0.05, 0.1) is 16.0 Å². The highest BCUT2D eigenvalue weighted by atomic mass is 79.9. The molecule has 1 aliphatic heterocycles. The van der Waals surface area contributed by atoms with Gasteiger partial charge >= 0.3 is 6.03 Å². The molecule has 9 nitrogen and oxygen atoms in total. The first kappa shape index (κ1) is 21.0. The van der Waals surface area contributed by atoms with Crippen LogP contribution in [-0.4, -0.2) is 48.8 Å². The second-order valence-electron chi connectivity index (χ2n) is 6.19. The lowest BCUT2D eigenvalue weighted by molar-refractivity contribution is 0.0653.